The summed E-state index contributed by atoms with van der Waals surface area (Å²) in [7, 11) is 0. The Labute approximate surface area is 158 Å². The molecule has 1 aliphatic heterocycles. The smallest absolute Gasteiger partial charge is 0.271 e. The van der Waals surface area contributed by atoms with Gasteiger partial charge >= 0.3 is 0 Å². The summed E-state index contributed by atoms with van der Waals surface area (Å²) < 4.78 is 0. The Morgan fingerprint density at radius 2 is 1.85 bits per heavy atom. The monoisotopic (exact) mass is 368 g/mol. The second-order valence-corrected chi connectivity index (χ2v) is 6.76. The number of nitro benzene ring substituents is 1. The van der Waals surface area contributed by atoms with Crippen molar-refractivity contribution in [3.8, 4) is 0 Å². The number of nitrogens with zero attached hydrogens (tertiary/aromatic N) is 2. The maximum Gasteiger partial charge on any atom is 0.271 e. The Morgan fingerprint density at radius 1 is 1.11 bits per heavy atom. The first-order valence-corrected chi connectivity index (χ1v) is 9.14. The van der Waals surface area contributed by atoms with E-state index in [1.54, 1.807) is 12.1 Å². The molecule has 1 fully saturated rings. The van der Waals surface area contributed by atoms with Crippen molar-refractivity contribution in [2.75, 3.05) is 25.0 Å². The summed E-state index contributed by atoms with van der Waals surface area (Å²) in [4.78, 5) is 24.9. The van der Waals surface area contributed by atoms with Crippen molar-refractivity contribution < 1.29 is 9.72 Å². The zero-order chi connectivity index (χ0) is 19.1. The number of carbonyl (C=O) groups excluding carboxylic acids is 1. The van der Waals surface area contributed by atoms with E-state index >= 15 is 0 Å². The number of amides is 1. The van der Waals surface area contributed by atoms with Gasteiger partial charge in [-0.15, -0.1) is 0 Å². The van der Waals surface area contributed by atoms with Crippen molar-refractivity contribution in [2.45, 2.75) is 25.4 Å². The molecule has 2 N–H and O–H groups in total. The Hall–Kier alpha value is -2.93. The van der Waals surface area contributed by atoms with Crippen LogP contribution in [0.15, 0.2) is 54.6 Å². The van der Waals surface area contributed by atoms with Crippen LogP contribution >= 0.6 is 0 Å². The molecule has 0 spiro atoms. The van der Waals surface area contributed by atoms with Crippen LogP contribution in [0.25, 0.3) is 0 Å². The van der Waals surface area contributed by atoms with E-state index in [2.05, 4.69) is 39.8 Å². The molecule has 2 aromatic carbocycles. The molecule has 3 rings (SSSR count). The largest absolute Gasteiger partial charge is 0.376 e. The molecule has 0 bridgehead atoms. The molecule has 1 amide bonds. The van der Waals surface area contributed by atoms with Crippen molar-refractivity contribution in [2.24, 2.45) is 0 Å². The van der Waals surface area contributed by atoms with E-state index in [-0.39, 0.29) is 24.2 Å². The molecule has 1 heterocycles. The lowest BCUT2D eigenvalue weighted by atomic mass is 10.0. The third kappa shape index (κ3) is 5.79. The molecule has 2 aromatic rings. The first-order valence-electron chi connectivity index (χ1n) is 9.14. The maximum atomic E-state index is 12.2. The van der Waals surface area contributed by atoms with Crippen LogP contribution in [0, 0.1) is 10.1 Å². The van der Waals surface area contributed by atoms with Crippen LogP contribution in [-0.4, -0.2) is 41.4 Å². The highest BCUT2D eigenvalue weighted by atomic mass is 16.6. The summed E-state index contributed by atoms with van der Waals surface area (Å²) in [6.07, 6.45) is 1.85. The van der Waals surface area contributed by atoms with Crippen LogP contribution in [-0.2, 0) is 11.3 Å². The summed E-state index contributed by atoms with van der Waals surface area (Å²) in [6, 6.07) is 16.7. The average Bonchev–Trinajstić information content (AvgIpc) is 2.69. The highest BCUT2D eigenvalue weighted by Crippen LogP contribution is 2.17. The zero-order valence-corrected chi connectivity index (χ0v) is 15.1. The quantitative estimate of drug-likeness (QED) is 0.580. The summed E-state index contributed by atoms with van der Waals surface area (Å²) in [6.45, 7) is 2.96. The fourth-order valence-corrected chi connectivity index (χ4v) is 3.27. The summed E-state index contributed by atoms with van der Waals surface area (Å²) in [5.41, 5.74) is 1.88. The topological polar surface area (TPSA) is 87.5 Å². The second-order valence-electron chi connectivity index (χ2n) is 6.76. The van der Waals surface area contributed by atoms with Crippen LogP contribution in [0.5, 0.6) is 0 Å². The SMILES string of the molecule is O=C(CNc1cccc([N+](=O)[O-])c1)NC1CCN(Cc2ccccc2)CC1. The van der Waals surface area contributed by atoms with Crippen molar-refractivity contribution in [3.63, 3.8) is 0 Å². The molecular weight excluding hydrogens is 344 g/mol. The molecule has 1 aliphatic rings. The Bertz CT molecular complexity index is 774. The molecule has 1 saturated heterocycles. The molecule has 7 heteroatoms. The van der Waals surface area contributed by atoms with E-state index in [1.165, 1.54) is 17.7 Å². The normalized spacial score (nSPS) is 15.3. The molecule has 7 nitrogen and oxygen atoms in total. The van der Waals surface area contributed by atoms with Crippen molar-refractivity contribution in [1.29, 1.82) is 0 Å². The molecular formula is C20H24N4O3. The Balaban J connectivity index is 1.39. The van der Waals surface area contributed by atoms with Crippen LogP contribution < -0.4 is 10.6 Å². The molecule has 0 radical (unpaired) electrons. The van der Waals surface area contributed by atoms with Crippen LogP contribution in [0.4, 0.5) is 11.4 Å². The average molecular weight is 368 g/mol. The third-order valence-corrected chi connectivity index (χ3v) is 4.71. The summed E-state index contributed by atoms with van der Waals surface area (Å²) in [5.74, 6) is -0.0944. The van der Waals surface area contributed by atoms with Gasteiger partial charge in [-0.2, -0.15) is 0 Å². The number of nitrogens with one attached hydrogen (secondary N) is 2. The van der Waals surface area contributed by atoms with Crippen LogP contribution in [0.1, 0.15) is 18.4 Å². The van der Waals surface area contributed by atoms with E-state index in [9.17, 15) is 14.9 Å². The molecule has 0 aliphatic carbocycles. The lowest BCUT2D eigenvalue weighted by Gasteiger charge is -2.32. The fraction of sp³-hybridized carbons (Fsp3) is 0.350. The van der Waals surface area contributed by atoms with Crippen LogP contribution in [0.3, 0.4) is 0 Å². The van der Waals surface area contributed by atoms with E-state index in [1.807, 2.05) is 6.07 Å². The molecule has 27 heavy (non-hydrogen) atoms. The molecule has 0 atom stereocenters. The summed E-state index contributed by atoms with van der Waals surface area (Å²) in [5, 5.41) is 16.8. The number of hydrogen-bond donors (Lipinski definition) is 2. The van der Waals surface area contributed by atoms with Gasteiger partial charge < -0.3 is 10.6 Å². The minimum atomic E-state index is -0.450. The van der Waals surface area contributed by atoms with Crippen LogP contribution in [0.2, 0.25) is 0 Å². The van der Waals surface area contributed by atoms with Gasteiger partial charge in [-0.1, -0.05) is 36.4 Å². The minimum Gasteiger partial charge on any atom is -0.376 e. The van der Waals surface area contributed by atoms with E-state index in [0.29, 0.717) is 5.69 Å². The highest BCUT2D eigenvalue weighted by Gasteiger charge is 2.20. The van der Waals surface area contributed by atoms with E-state index < -0.39 is 4.92 Å². The standard InChI is InChI=1S/C20H24N4O3/c25-20(14-21-18-7-4-8-19(13-18)24(26)27)22-17-9-11-23(12-10-17)15-16-5-2-1-3-6-16/h1-8,13,17,21H,9-12,14-15H2,(H,22,25). The first kappa shape index (κ1) is 18.8. The molecule has 142 valence electrons. The number of benzene rings is 2. The Morgan fingerprint density at radius 3 is 2.56 bits per heavy atom. The van der Waals surface area contributed by atoms with Crippen molar-refractivity contribution in [1.82, 2.24) is 10.2 Å². The number of piperidine rings is 1. The van der Waals surface area contributed by atoms with Gasteiger partial charge in [0.25, 0.3) is 5.69 Å². The van der Waals surface area contributed by atoms with Crippen molar-refractivity contribution in [3.05, 3.63) is 70.3 Å². The van der Waals surface area contributed by atoms with Gasteiger partial charge in [-0.05, 0) is 24.5 Å². The predicted octanol–water partition coefficient (Wildman–Crippen LogP) is 2.79. The number of hydrogen-bond acceptors (Lipinski definition) is 5. The van der Waals surface area contributed by atoms with Gasteiger partial charge in [0.15, 0.2) is 0 Å². The molecule has 0 aromatic heterocycles. The fourth-order valence-electron chi connectivity index (χ4n) is 3.27. The number of rotatable bonds is 7. The number of carbonyl (C=O) groups is 1. The maximum absolute atomic E-state index is 12.2. The number of likely N-dealkylation sites (tertiary alicyclic amines) is 1. The van der Waals surface area contributed by atoms with Gasteiger partial charge in [0, 0.05) is 43.5 Å². The highest BCUT2D eigenvalue weighted by molar-refractivity contribution is 5.81. The number of nitro groups is 1. The van der Waals surface area contributed by atoms with E-state index in [0.717, 1.165) is 32.5 Å². The number of non-ortho nitro benzene ring substituents is 1. The van der Waals surface area contributed by atoms with Gasteiger partial charge in [-0.3, -0.25) is 19.8 Å². The lowest BCUT2D eigenvalue weighted by Crippen LogP contribution is -2.45. The number of anilines is 1. The van der Waals surface area contributed by atoms with Gasteiger partial charge in [0.2, 0.25) is 5.91 Å². The van der Waals surface area contributed by atoms with Gasteiger partial charge in [0.1, 0.15) is 0 Å². The van der Waals surface area contributed by atoms with Gasteiger partial charge in [0.05, 0.1) is 11.5 Å². The zero-order valence-electron chi connectivity index (χ0n) is 15.1. The minimum absolute atomic E-state index is 0.00574. The second kappa shape index (κ2) is 9.14. The molecule has 0 unspecified atom stereocenters. The lowest BCUT2D eigenvalue weighted by molar-refractivity contribution is -0.384. The van der Waals surface area contributed by atoms with Gasteiger partial charge in [-0.25, -0.2) is 0 Å². The predicted molar refractivity (Wildman–Crippen MR) is 104 cm³/mol. The molecule has 0 saturated carbocycles. The third-order valence-electron chi connectivity index (χ3n) is 4.71. The van der Waals surface area contributed by atoms with Crippen molar-refractivity contribution >= 4 is 17.3 Å². The Kier molecular flexibility index (Phi) is 6.38. The summed E-state index contributed by atoms with van der Waals surface area (Å²) >= 11 is 0. The van der Waals surface area contributed by atoms with E-state index in [4.69, 9.17) is 0 Å². The first-order chi connectivity index (χ1) is 13.1.